The molecular weight excluding hydrogens is 425 g/mol. The van der Waals surface area contributed by atoms with Crippen molar-refractivity contribution >= 4 is 58.0 Å². The van der Waals surface area contributed by atoms with Crippen molar-refractivity contribution in [3.05, 3.63) is 52.5 Å². The minimum absolute atomic E-state index is 0.0907. The average Bonchev–Trinajstić information content (AvgIpc) is 3.12. The van der Waals surface area contributed by atoms with Crippen molar-refractivity contribution in [2.24, 2.45) is 5.92 Å². The van der Waals surface area contributed by atoms with Crippen molar-refractivity contribution in [3.63, 3.8) is 0 Å². The van der Waals surface area contributed by atoms with E-state index in [4.69, 9.17) is 23.2 Å². The highest BCUT2D eigenvalue weighted by Gasteiger charge is 2.37. The van der Waals surface area contributed by atoms with E-state index in [0.717, 1.165) is 18.5 Å². The molecule has 2 aromatic rings. The maximum atomic E-state index is 12.8. The zero-order valence-electron chi connectivity index (χ0n) is 16.2. The summed E-state index contributed by atoms with van der Waals surface area (Å²) in [5, 5.41) is 3.60. The van der Waals surface area contributed by atoms with E-state index in [1.807, 2.05) is 6.07 Å². The molecule has 2 fully saturated rings. The van der Waals surface area contributed by atoms with E-state index >= 15 is 0 Å². The Bertz CT molecular complexity index is 1010. The van der Waals surface area contributed by atoms with Crippen LogP contribution in [-0.4, -0.2) is 30.8 Å². The Hall–Kier alpha value is -2.57. The Morgan fingerprint density at radius 1 is 0.933 bits per heavy atom. The lowest BCUT2D eigenvalue weighted by molar-refractivity contribution is -0.129. The maximum absolute atomic E-state index is 12.8. The van der Waals surface area contributed by atoms with E-state index in [1.54, 1.807) is 46.2 Å². The average molecular weight is 446 g/mol. The Balaban J connectivity index is 1.45. The quantitative estimate of drug-likeness (QED) is 0.704. The van der Waals surface area contributed by atoms with Crippen LogP contribution in [0.3, 0.4) is 0 Å². The number of halogens is 2. The molecule has 6 nitrogen and oxygen atoms in total. The topological polar surface area (TPSA) is 69.7 Å². The zero-order valence-corrected chi connectivity index (χ0v) is 17.7. The second kappa shape index (κ2) is 8.66. The van der Waals surface area contributed by atoms with Gasteiger partial charge in [0.1, 0.15) is 5.92 Å². The fourth-order valence-electron chi connectivity index (χ4n) is 3.89. The van der Waals surface area contributed by atoms with Gasteiger partial charge in [0.25, 0.3) is 0 Å². The lowest BCUT2D eigenvalue weighted by atomic mass is 10.1. The van der Waals surface area contributed by atoms with Gasteiger partial charge in [-0.2, -0.15) is 0 Å². The Morgan fingerprint density at radius 2 is 1.73 bits per heavy atom. The van der Waals surface area contributed by atoms with E-state index in [1.165, 1.54) is 0 Å². The first kappa shape index (κ1) is 20.7. The molecule has 156 valence electrons. The number of hydrogen-bond donors (Lipinski definition) is 1. The van der Waals surface area contributed by atoms with Gasteiger partial charge in [-0.05, 0) is 55.7 Å². The minimum atomic E-state index is -0.778. The van der Waals surface area contributed by atoms with Crippen molar-refractivity contribution in [3.8, 4) is 0 Å². The molecule has 4 rings (SSSR count). The smallest absolute Gasteiger partial charge is 0.239 e. The van der Waals surface area contributed by atoms with Crippen LogP contribution in [0.5, 0.6) is 0 Å². The number of amides is 3. The number of hydrogen-bond acceptors (Lipinski definition) is 3. The molecule has 0 aliphatic carbocycles. The SMILES string of the molecule is O=C(Nc1cccc(N2CCCCC2=O)c1)C1CCN(c2ccc(Cl)c(Cl)c2)C1=O. The Kier molecular flexibility index (Phi) is 5.97. The minimum Gasteiger partial charge on any atom is -0.325 e. The first-order valence-electron chi connectivity index (χ1n) is 9.92. The van der Waals surface area contributed by atoms with Gasteiger partial charge in [0.15, 0.2) is 0 Å². The summed E-state index contributed by atoms with van der Waals surface area (Å²) in [5.41, 5.74) is 1.94. The second-order valence-corrected chi connectivity index (χ2v) is 8.29. The summed E-state index contributed by atoms with van der Waals surface area (Å²) >= 11 is 12.0. The molecule has 0 bridgehead atoms. The van der Waals surface area contributed by atoms with Gasteiger partial charge in [-0.15, -0.1) is 0 Å². The van der Waals surface area contributed by atoms with Crippen LogP contribution in [0.1, 0.15) is 25.7 Å². The van der Waals surface area contributed by atoms with Gasteiger partial charge >= 0.3 is 0 Å². The summed E-state index contributed by atoms with van der Waals surface area (Å²) in [6.07, 6.45) is 2.82. The van der Waals surface area contributed by atoms with Crippen molar-refractivity contribution in [2.45, 2.75) is 25.7 Å². The molecule has 1 unspecified atom stereocenters. The standard InChI is InChI=1S/C22H21Cl2N3O3/c23-18-8-7-16(13-19(18)24)27-11-9-17(22(27)30)21(29)25-14-4-3-5-15(12-14)26-10-2-1-6-20(26)28/h3-5,7-8,12-13,17H,1-2,6,9-11H2,(H,25,29). The zero-order chi connectivity index (χ0) is 21.3. The van der Waals surface area contributed by atoms with Crippen LogP contribution >= 0.6 is 23.2 Å². The summed E-state index contributed by atoms with van der Waals surface area (Å²) in [4.78, 5) is 41.1. The fourth-order valence-corrected chi connectivity index (χ4v) is 4.18. The maximum Gasteiger partial charge on any atom is 0.239 e. The Labute approximate surface area is 184 Å². The molecule has 1 N–H and O–H groups in total. The molecule has 1 atom stereocenters. The molecule has 8 heteroatoms. The van der Waals surface area contributed by atoms with Crippen LogP contribution in [0.15, 0.2) is 42.5 Å². The molecule has 30 heavy (non-hydrogen) atoms. The van der Waals surface area contributed by atoms with E-state index in [0.29, 0.717) is 47.4 Å². The van der Waals surface area contributed by atoms with Gasteiger partial charge in [0.2, 0.25) is 17.7 Å². The summed E-state index contributed by atoms with van der Waals surface area (Å²) in [6.45, 7) is 1.10. The first-order chi connectivity index (χ1) is 14.4. The van der Waals surface area contributed by atoms with Crippen molar-refractivity contribution in [2.75, 3.05) is 28.2 Å². The van der Waals surface area contributed by atoms with Crippen LogP contribution in [0, 0.1) is 5.92 Å². The lowest BCUT2D eigenvalue weighted by Crippen LogP contribution is -2.35. The molecule has 2 saturated heterocycles. The van der Waals surface area contributed by atoms with E-state index in [9.17, 15) is 14.4 Å². The third kappa shape index (κ3) is 4.16. The third-order valence-electron chi connectivity index (χ3n) is 5.49. The first-order valence-corrected chi connectivity index (χ1v) is 10.7. The number of nitrogens with one attached hydrogen (secondary N) is 1. The summed E-state index contributed by atoms with van der Waals surface area (Å²) in [5.74, 6) is -1.31. The highest BCUT2D eigenvalue weighted by molar-refractivity contribution is 6.42. The van der Waals surface area contributed by atoms with E-state index < -0.39 is 5.92 Å². The van der Waals surface area contributed by atoms with Gasteiger partial charge in [0, 0.05) is 36.6 Å². The highest BCUT2D eigenvalue weighted by atomic mass is 35.5. The molecule has 0 aromatic heterocycles. The molecule has 2 aliphatic heterocycles. The van der Waals surface area contributed by atoms with E-state index in [2.05, 4.69) is 5.32 Å². The summed E-state index contributed by atoms with van der Waals surface area (Å²) in [7, 11) is 0. The number of benzene rings is 2. The molecular formula is C22H21Cl2N3O3. The molecule has 0 saturated carbocycles. The largest absolute Gasteiger partial charge is 0.325 e. The molecule has 2 aromatic carbocycles. The van der Waals surface area contributed by atoms with Crippen LogP contribution in [0.2, 0.25) is 10.0 Å². The van der Waals surface area contributed by atoms with E-state index in [-0.39, 0.29) is 17.7 Å². The number of piperidine rings is 1. The number of nitrogens with zero attached hydrogens (tertiary/aromatic N) is 2. The van der Waals surface area contributed by atoms with Crippen LogP contribution in [0.25, 0.3) is 0 Å². The predicted molar refractivity (Wildman–Crippen MR) is 118 cm³/mol. The summed E-state index contributed by atoms with van der Waals surface area (Å²) < 4.78 is 0. The van der Waals surface area contributed by atoms with Crippen LogP contribution in [0.4, 0.5) is 17.1 Å². The van der Waals surface area contributed by atoms with Crippen molar-refractivity contribution in [1.29, 1.82) is 0 Å². The second-order valence-electron chi connectivity index (χ2n) is 7.47. The Morgan fingerprint density at radius 3 is 2.50 bits per heavy atom. The number of rotatable bonds is 4. The van der Waals surface area contributed by atoms with Gasteiger partial charge in [-0.1, -0.05) is 29.3 Å². The summed E-state index contributed by atoms with van der Waals surface area (Å²) in [6, 6.07) is 12.2. The highest BCUT2D eigenvalue weighted by Crippen LogP contribution is 2.32. The lowest BCUT2D eigenvalue weighted by Gasteiger charge is -2.27. The van der Waals surface area contributed by atoms with Gasteiger partial charge < -0.3 is 15.1 Å². The predicted octanol–water partition coefficient (Wildman–Crippen LogP) is 4.50. The van der Waals surface area contributed by atoms with Crippen LogP contribution in [-0.2, 0) is 14.4 Å². The van der Waals surface area contributed by atoms with Crippen molar-refractivity contribution in [1.82, 2.24) is 0 Å². The third-order valence-corrected chi connectivity index (χ3v) is 6.22. The monoisotopic (exact) mass is 445 g/mol. The number of carbonyl (C=O) groups is 3. The molecule has 2 heterocycles. The van der Waals surface area contributed by atoms with Crippen LogP contribution < -0.4 is 15.1 Å². The fraction of sp³-hybridized carbons (Fsp3) is 0.318. The van der Waals surface area contributed by atoms with Gasteiger partial charge in [-0.3, -0.25) is 14.4 Å². The van der Waals surface area contributed by atoms with Gasteiger partial charge in [-0.25, -0.2) is 0 Å². The normalized spacial score (nSPS) is 19.3. The van der Waals surface area contributed by atoms with Crippen molar-refractivity contribution < 1.29 is 14.4 Å². The number of anilines is 3. The van der Waals surface area contributed by atoms with Gasteiger partial charge in [0.05, 0.1) is 10.0 Å². The molecule has 0 spiro atoms. The number of carbonyl (C=O) groups excluding carboxylic acids is 3. The molecule has 2 aliphatic rings. The molecule has 0 radical (unpaired) electrons. The molecule has 3 amide bonds.